The van der Waals surface area contributed by atoms with Gasteiger partial charge in [-0.05, 0) is 25.7 Å². The number of unbranched alkanes of at least 4 members (excludes halogenated alkanes) is 8. The maximum Gasteiger partial charge on any atom is 0.0431 e. The van der Waals surface area contributed by atoms with Crippen molar-refractivity contribution in [2.45, 2.75) is 71.1 Å². The highest BCUT2D eigenvalue weighted by Crippen LogP contribution is 2.08. The molecule has 100 valence electrons. The Morgan fingerprint density at radius 1 is 0.706 bits per heavy atom. The van der Waals surface area contributed by atoms with Crippen LogP contribution in [0.4, 0.5) is 0 Å². The third-order valence-corrected chi connectivity index (χ3v) is 2.87. The molecule has 0 saturated heterocycles. The van der Waals surface area contributed by atoms with Crippen molar-refractivity contribution in [1.82, 2.24) is 0 Å². The molecule has 0 radical (unpaired) electrons. The summed E-state index contributed by atoms with van der Waals surface area (Å²) in [7, 11) is 0. The van der Waals surface area contributed by atoms with Gasteiger partial charge in [0.15, 0.2) is 0 Å². The van der Waals surface area contributed by atoms with Crippen molar-refractivity contribution in [2.24, 2.45) is 0 Å². The van der Waals surface area contributed by atoms with E-state index in [0.717, 1.165) is 6.42 Å². The summed E-state index contributed by atoms with van der Waals surface area (Å²) in [6, 6.07) is 0. The SMILES string of the molecule is CCCC=C/C=C/CCCCCCCCCO. The van der Waals surface area contributed by atoms with Crippen molar-refractivity contribution >= 4 is 0 Å². The van der Waals surface area contributed by atoms with Crippen LogP contribution in [0.15, 0.2) is 24.3 Å². The van der Waals surface area contributed by atoms with E-state index in [2.05, 4.69) is 31.2 Å². The van der Waals surface area contributed by atoms with Gasteiger partial charge in [0.05, 0.1) is 0 Å². The first-order valence-corrected chi connectivity index (χ1v) is 7.34. The maximum absolute atomic E-state index is 8.63. The van der Waals surface area contributed by atoms with Gasteiger partial charge in [0, 0.05) is 6.61 Å². The van der Waals surface area contributed by atoms with E-state index in [1.165, 1.54) is 57.8 Å². The number of hydrogen-bond acceptors (Lipinski definition) is 1. The topological polar surface area (TPSA) is 20.2 Å². The Morgan fingerprint density at radius 2 is 1.24 bits per heavy atom. The average Bonchev–Trinajstić information content (AvgIpc) is 2.35. The van der Waals surface area contributed by atoms with E-state index >= 15 is 0 Å². The molecule has 17 heavy (non-hydrogen) atoms. The molecule has 0 amide bonds. The van der Waals surface area contributed by atoms with Gasteiger partial charge in [-0.15, -0.1) is 0 Å². The molecule has 1 heteroatoms. The van der Waals surface area contributed by atoms with Crippen LogP contribution in [-0.2, 0) is 0 Å². The van der Waals surface area contributed by atoms with Crippen LogP contribution in [0.1, 0.15) is 71.1 Å². The monoisotopic (exact) mass is 238 g/mol. The normalized spacial score (nSPS) is 11.9. The van der Waals surface area contributed by atoms with Gasteiger partial charge in [-0.2, -0.15) is 0 Å². The molecule has 0 spiro atoms. The molecule has 0 aliphatic carbocycles. The fraction of sp³-hybridized carbons (Fsp3) is 0.750. The molecule has 0 aromatic rings. The zero-order valence-corrected chi connectivity index (χ0v) is 11.5. The summed E-state index contributed by atoms with van der Waals surface area (Å²) in [4.78, 5) is 0. The van der Waals surface area contributed by atoms with E-state index in [1.54, 1.807) is 0 Å². The standard InChI is InChI=1S/C16H30O/c1-2-3-4-5-6-7-8-9-10-11-12-13-14-15-16-17/h4-7,17H,2-3,8-16H2,1H3/b5-4?,7-6+. The summed E-state index contributed by atoms with van der Waals surface area (Å²) < 4.78 is 0. The number of hydrogen-bond donors (Lipinski definition) is 1. The molecular formula is C16H30O. The number of aliphatic hydroxyl groups excluding tert-OH is 1. The molecule has 0 heterocycles. The molecule has 0 unspecified atom stereocenters. The molecule has 0 atom stereocenters. The molecule has 0 rings (SSSR count). The first-order valence-electron chi connectivity index (χ1n) is 7.34. The Hall–Kier alpha value is -0.560. The van der Waals surface area contributed by atoms with Crippen molar-refractivity contribution < 1.29 is 5.11 Å². The zero-order chi connectivity index (χ0) is 12.6. The van der Waals surface area contributed by atoms with Crippen LogP contribution in [0.2, 0.25) is 0 Å². The predicted molar refractivity (Wildman–Crippen MR) is 77.2 cm³/mol. The largest absolute Gasteiger partial charge is 0.396 e. The summed E-state index contributed by atoms with van der Waals surface area (Å²) in [5.74, 6) is 0. The van der Waals surface area contributed by atoms with Crippen LogP contribution in [-0.4, -0.2) is 11.7 Å². The molecule has 0 aromatic carbocycles. The van der Waals surface area contributed by atoms with E-state index in [4.69, 9.17) is 5.11 Å². The predicted octanol–water partition coefficient (Wildman–Crippen LogP) is 5.01. The number of rotatable bonds is 12. The van der Waals surface area contributed by atoms with E-state index in [0.29, 0.717) is 6.61 Å². The zero-order valence-electron chi connectivity index (χ0n) is 11.5. The lowest BCUT2D eigenvalue weighted by Gasteiger charge is -1.99. The van der Waals surface area contributed by atoms with Crippen LogP contribution in [0.25, 0.3) is 0 Å². The van der Waals surface area contributed by atoms with E-state index in [9.17, 15) is 0 Å². The molecule has 0 saturated carbocycles. The summed E-state index contributed by atoms with van der Waals surface area (Å²) in [5, 5.41) is 8.63. The van der Waals surface area contributed by atoms with Crippen molar-refractivity contribution in [3.8, 4) is 0 Å². The van der Waals surface area contributed by atoms with Gasteiger partial charge in [-0.1, -0.05) is 69.8 Å². The Labute approximate surface area is 108 Å². The minimum atomic E-state index is 0.357. The van der Waals surface area contributed by atoms with Gasteiger partial charge in [-0.25, -0.2) is 0 Å². The smallest absolute Gasteiger partial charge is 0.0431 e. The fourth-order valence-corrected chi connectivity index (χ4v) is 1.77. The van der Waals surface area contributed by atoms with Crippen LogP contribution in [0.5, 0.6) is 0 Å². The Morgan fingerprint density at radius 3 is 1.82 bits per heavy atom. The maximum atomic E-state index is 8.63. The molecule has 0 bridgehead atoms. The van der Waals surface area contributed by atoms with Gasteiger partial charge in [0.2, 0.25) is 0 Å². The van der Waals surface area contributed by atoms with Crippen LogP contribution >= 0.6 is 0 Å². The van der Waals surface area contributed by atoms with Crippen molar-refractivity contribution in [3.05, 3.63) is 24.3 Å². The Balaban J connectivity index is 3.07. The highest BCUT2D eigenvalue weighted by molar-refractivity contribution is 5.02. The number of allylic oxidation sites excluding steroid dienone is 4. The first kappa shape index (κ1) is 16.4. The molecule has 0 aromatic heterocycles. The van der Waals surface area contributed by atoms with Crippen LogP contribution in [0.3, 0.4) is 0 Å². The van der Waals surface area contributed by atoms with Crippen LogP contribution in [0, 0.1) is 0 Å². The van der Waals surface area contributed by atoms with Crippen LogP contribution < -0.4 is 0 Å². The second-order valence-electron chi connectivity index (χ2n) is 4.63. The van der Waals surface area contributed by atoms with E-state index < -0.39 is 0 Å². The van der Waals surface area contributed by atoms with Gasteiger partial charge in [0.1, 0.15) is 0 Å². The Kier molecular flexibility index (Phi) is 14.9. The molecule has 0 fully saturated rings. The van der Waals surface area contributed by atoms with Crippen molar-refractivity contribution in [2.75, 3.05) is 6.61 Å². The Bertz CT molecular complexity index is 182. The van der Waals surface area contributed by atoms with Crippen molar-refractivity contribution in [1.29, 1.82) is 0 Å². The van der Waals surface area contributed by atoms with Gasteiger partial charge < -0.3 is 5.11 Å². The lowest BCUT2D eigenvalue weighted by Crippen LogP contribution is -1.83. The summed E-state index contributed by atoms with van der Waals surface area (Å²) >= 11 is 0. The lowest BCUT2D eigenvalue weighted by molar-refractivity contribution is 0.282. The second kappa shape index (κ2) is 15.4. The fourth-order valence-electron chi connectivity index (χ4n) is 1.77. The quantitative estimate of drug-likeness (QED) is 0.374. The summed E-state index contributed by atoms with van der Waals surface area (Å²) in [6.45, 7) is 2.56. The minimum Gasteiger partial charge on any atom is -0.396 e. The first-order chi connectivity index (χ1) is 8.41. The van der Waals surface area contributed by atoms with Crippen molar-refractivity contribution in [3.63, 3.8) is 0 Å². The van der Waals surface area contributed by atoms with Gasteiger partial charge in [-0.3, -0.25) is 0 Å². The number of aliphatic hydroxyl groups is 1. The second-order valence-corrected chi connectivity index (χ2v) is 4.63. The molecular weight excluding hydrogens is 208 g/mol. The van der Waals surface area contributed by atoms with Gasteiger partial charge in [0.25, 0.3) is 0 Å². The average molecular weight is 238 g/mol. The molecule has 0 aliphatic heterocycles. The third-order valence-electron chi connectivity index (χ3n) is 2.87. The van der Waals surface area contributed by atoms with E-state index in [-0.39, 0.29) is 0 Å². The third kappa shape index (κ3) is 15.4. The molecule has 1 nitrogen and oxygen atoms in total. The van der Waals surface area contributed by atoms with Gasteiger partial charge >= 0.3 is 0 Å². The summed E-state index contributed by atoms with van der Waals surface area (Å²) in [6.07, 6.45) is 21.3. The highest BCUT2D eigenvalue weighted by Gasteiger charge is 1.90. The highest BCUT2D eigenvalue weighted by atomic mass is 16.2. The minimum absolute atomic E-state index is 0.357. The molecule has 0 aliphatic rings. The molecule has 1 N–H and O–H groups in total. The van der Waals surface area contributed by atoms with E-state index in [1.807, 2.05) is 0 Å². The lowest BCUT2D eigenvalue weighted by atomic mass is 10.1. The summed E-state index contributed by atoms with van der Waals surface area (Å²) in [5.41, 5.74) is 0.